The molecule has 172 valence electrons. The third kappa shape index (κ3) is 5.15. The lowest BCUT2D eigenvalue weighted by atomic mass is 10.1. The Hall–Kier alpha value is -2.78. The highest BCUT2D eigenvalue weighted by atomic mass is 79.9. The summed E-state index contributed by atoms with van der Waals surface area (Å²) in [5.41, 5.74) is 1.06. The number of carbonyl (C=O) groups is 2. The number of amides is 2. The first-order valence-electron chi connectivity index (χ1n) is 9.77. The molecule has 0 bridgehead atoms. The van der Waals surface area contributed by atoms with Crippen molar-refractivity contribution in [2.24, 2.45) is 0 Å². The number of nitrogens with one attached hydrogen (secondary N) is 1. The Morgan fingerprint density at radius 2 is 1.79 bits per heavy atom. The highest BCUT2D eigenvalue weighted by Crippen LogP contribution is 2.36. The molecule has 0 aliphatic carbocycles. The van der Waals surface area contributed by atoms with Crippen molar-refractivity contribution >= 4 is 80.0 Å². The van der Waals surface area contributed by atoms with Gasteiger partial charge in [0.2, 0.25) is 0 Å². The molecule has 0 atom stereocenters. The summed E-state index contributed by atoms with van der Waals surface area (Å²) < 4.78 is 20.7. The molecule has 0 spiro atoms. The smallest absolute Gasteiger partial charge is 0.270 e. The van der Waals surface area contributed by atoms with Gasteiger partial charge in [-0.3, -0.25) is 14.9 Å². The van der Waals surface area contributed by atoms with Crippen LogP contribution in [0.5, 0.6) is 5.75 Å². The highest BCUT2D eigenvalue weighted by Gasteiger charge is 2.35. The van der Waals surface area contributed by atoms with Crippen LogP contribution in [0, 0.1) is 5.82 Å². The lowest BCUT2D eigenvalue weighted by Gasteiger charge is -2.29. The molecule has 2 amide bonds. The van der Waals surface area contributed by atoms with Gasteiger partial charge in [0.1, 0.15) is 18.0 Å². The number of benzene rings is 3. The second-order valence-corrected chi connectivity index (χ2v) is 9.22. The summed E-state index contributed by atoms with van der Waals surface area (Å²) in [7, 11) is 0. The Balaban J connectivity index is 1.61. The molecule has 4 rings (SSSR count). The second-order valence-electron chi connectivity index (χ2n) is 7.14. The summed E-state index contributed by atoms with van der Waals surface area (Å²) in [5.74, 6) is -1.71. The summed E-state index contributed by atoms with van der Waals surface area (Å²) in [4.78, 5) is 26.5. The quantitative estimate of drug-likeness (QED) is 0.219. The molecular formula is C24H14BrCl2FN2O3S. The van der Waals surface area contributed by atoms with E-state index in [1.165, 1.54) is 24.3 Å². The zero-order valence-electron chi connectivity index (χ0n) is 17.2. The number of rotatable bonds is 5. The summed E-state index contributed by atoms with van der Waals surface area (Å²) in [6.07, 6.45) is 1.35. The standard InChI is InChI=1S/C24H14BrCl2FN2O3S/c25-17-10-14(11-18(27)21(17)33-12-13-5-7-15(26)8-6-13)9-16-22(31)29-24(34)30(23(16)32)20-4-2-1-3-19(20)28/h1-11H,12H2,(H,29,31,34)/b16-9+. The van der Waals surface area contributed by atoms with E-state index < -0.39 is 17.6 Å². The minimum absolute atomic E-state index is 0.0615. The van der Waals surface area contributed by atoms with Crippen LogP contribution in [0.25, 0.3) is 6.08 Å². The third-order valence-electron chi connectivity index (χ3n) is 4.82. The van der Waals surface area contributed by atoms with Crippen LogP contribution in [0.3, 0.4) is 0 Å². The van der Waals surface area contributed by atoms with Gasteiger partial charge in [0.25, 0.3) is 11.8 Å². The van der Waals surface area contributed by atoms with E-state index >= 15 is 0 Å². The molecule has 1 aliphatic heterocycles. The molecule has 1 saturated heterocycles. The maximum Gasteiger partial charge on any atom is 0.270 e. The number of ether oxygens (including phenoxy) is 1. The number of para-hydroxylation sites is 1. The average molecular weight is 580 g/mol. The highest BCUT2D eigenvalue weighted by molar-refractivity contribution is 9.10. The maximum atomic E-state index is 14.3. The molecule has 1 aliphatic rings. The van der Waals surface area contributed by atoms with Crippen molar-refractivity contribution < 1.29 is 18.7 Å². The van der Waals surface area contributed by atoms with Gasteiger partial charge >= 0.3 is 0 Å². The van der Waals surface area contributed by atoms with Crippen LogP contribution in [-0.2, 0) is 16.2 Å². The maximum absolute atomic E-state index is 14.3. The second kappa shape index (κ2) is 10.2. The fourth-order valence-electron chi connectivity index (χ4n) is 3.21. The largest absolute Gasteiger partial charge is 0.486 e. The number of carbonyl (C=O) groups excluding carboxylic acids is 2. The van der Waals surface area contributed by atoms with Gasteiger partial charge in [0.05, 0.1) is 15.2 Å². The molecule has 0 radical (unpaired) electrons. The Bertz CT molecular complexity index is 1330. The van der Waals surface area contributed by atoms with Crippen LogP contribution < -0.4 is 15.0 Å². The van der Waals surface area contributed by atoms with Crippen LogP contribution in [0.2, 0.25) is 10.0 Å². The van der Waals surface area contributed by atoms with Crippen LogP contribution >= 0.6 is 51.3 Å². The van der Waals surface area contributed by atoms with Gasteiger partial charge in [-0.15, -0.1) is 0 Å². The Morgan fingerprint density at radius 3 is 2.47 bits per heavy atom. The van der Waals surface area contributed by atoms with Crippen LogP contribution in [0.15, 0.2) is 70.7 Å². The van der Waals surface area contributed by atoms with Gasteiger partial charge < -0.3 is 4.74 Å². The van der Waals surface area contributed by atoms with Gasteiger partial charge in [-0.25, -0.2) is 9.29 Å². The predicted octanol–water partition coefficient (Wildman–Crippen LogP) is 6.31. The zero-order valence-corrected chi connectivity index (χ0v) is 21.1. The van der Waals surface area contributed by atoms with Crippen molar-refractivity contribution in [2.45, 2.75) is 6.61 Å². The first kappa shape index (κ1) is 24.3. The fraction of sp³-hybridized carbons (Fsp3) is 0.0417. The van der Waals surface area contributed by atoms with Crippen molar-refractivity contribution in [3.05, 3.63) is 97.7 Å². The minimum atomic E-state index is -0.755. The molecule has 1 N–H and O–H groups in total. The summed E-state index contributed by atoms with van der Waals surface area (Å²) in [6, 6.07) is 16.0. The van der Waals surface area contributed by atoms with Crippen LogP contribution in [0.4, 0.5) is 10.1 Å². The van der Waals surface area contributed by atoms with Gasteiger partial charge in [-0.05, 0) is 81.7 Å². The van der Waals surface area contributed by atoms with E-state index in [4.69, 9.17) is 40.2 Å². The Labute approximate surface area is 218 Å². The van der Waals surface area contributed by atoms with Crippen molar-refractivity contribution in [3.63, 3.8) is 0 Å². The van der Waals surface area contributed by atoms with Gasteiger partial charge in [-0.2, -0.15) is 0 Å². The van der Waals surface area contributed by atoms with Crippen molar-refractivity contribution in [1.82, 2.24) is 5.32 Å². The number of hydrogen-bond donors (Lipinski definition) is 1. The Morgan fingerprint density at radius 1 is 1.09 bits per heavy atom. The van der Waals surface area contributed by atoms with Crippen molar-refractivity contribution in [3.8, 4) is 5.75 Å². The van der Waals surface area contributed by atoms with Crippen molar-refractivity contribution in [2.75, 3.05) is 4.90 Å². The van der Waals surface area contributed by atoms with Gasteiger partial charge in [-0.1, -0.05) is 47.5 Å². The molecule has 3 aromatic rings. The molecule has 0 saturated carbocycles. The fourth-order valence-corrected chi connectivity index (χ4v) is 4.60. The molecule has 5 nitrogen and oxygen atoms in total. The number of nitrogens with zero attached hydrogens (tertiary/aromatic N) is 1. The molecule has 3 aromatic carbocycles. The number of anilines is 1. The van der Waals surface area contributed by atoms with Crippen molar-refractivity contribution in [1.29, 1.82) is 0 Å². The topological polar surface area (TPSA) is 58.6 Å². The van der Waals surface area contributed by atoms with Gasteiger partial charge in [0.15, 0.2) is 10.9 Å². The third-order valence-corrected chi connectivity index (χ3v) is 6.23. The number of thiocarbonyl (C=S) groups is 1. The zero-order chi connectivity index (χ0) is 24.4. The molecule has 1 fully saturated rings. The van der Waals surface area contributed by atoms with E-state index in [0.717, 1.165) is 10.5 Å². The summed E-state index contributed by atoms with van der Waals surface area (Å²) >= 11 is 20.8. The molecule has 1 heterocycles. The molecule has 0 unspecified atom stereocenters. The molecular weight excluding hydrogens is 566 g/mol. The molecule has 34 heavy (non-hydrogen) atoms. The minimum Gasteiger partial charge on any atom is -0.486 e. The first-order valence-corrected chi connectivity index (χ1v) is 11.7. The SMILES string of the molecule is O=C1NC(=S)N(c2ccccc2F)C(=O)/C1=C/c1cc(Cl)c(OCc2ccc(Cl)cc2)c(Br)c1. The number of halogens is 4. The van der Waals surface area contributed by atoms with E-state index in [1.54, 1.807) is 30.3 Å². The Kier molecular flexibility index (Phi) is 7.33. The molecule has 0 aromatic heterocycles. The van der Waals surface area contributed by atoms with E-state index in [1.807, 2.05) is 12.1 Å². The van der Waals surface area contributed by atoms with E-state index in [-0.39, 0.29) is 28.0 Å². The summed E-state index contributed by atoms with van der Waals surface area (Å²) in [6.45, 7) is 0.256. The normalized spacial score (nSPS) is 15.0. The van der Waals surface area contributed by atoms with E-state index in [0.29, 0.717) is 20.8 Å². The monoisotopic (exact) mass is 578 g/mol. The van der Waals surface area contributed by atoms with Crippen LogP contribution in [-0.4, -0.2) is 16.9 Å². The molecule has 10 heteroatoms. The first-order chi connectivity index (χ1) is 16.2. The predicted molar refractivity (Wildman–Crippen MR) is 138 cm³/mol. The lowest BCUT2D eigenvalue weighted by molar-refractivity contribution is -0.122. The summed E-state index contributed by atoms with van der Waals surface area (Å²) in [5, 5.41) is 3.10. The van der Waals surface area contributed by atoms with E-state index in [9.17, 15) is 14.0 Å². The van der Waals surface area contributed by atoms with Crippen LogP contribution in [0.1, 0.15) is 11.1 Å². The lowest BCUT2D eigenvalue weighted by Crippen LogP contribution is -2.54. The average Bonchev–Trinajstić information content (AvgIpc) is 2.78. The van der Waals surface area contributed by atoms with E-state index in [2.05, 4.69) is 21.2 Å². The van der Waals surface area contributed by atoms with Gasteiger partial charge in [0, 0.05) is 5.02 Å². The number of hydrogen-bond acceptors (Lipinski definition) is 4.